The number of aryl methyl sites for hydroxylation is 1. The number of hydrogen-bond acceptors (Lipinski definition) is 1. The quantitative estimate of drug-likeness (QED) is 0.214. The summed E-state index contributed by atoms with van der Waals surface area (Å²) >= 11 is 0. The second-order valence-electron chi connectivity index (χ2n) is 11.2. The van der Waals surface area contributed by atoms with Crippen molar-refractivity contribution in [2.24, 2.45) is 0 Å². The Morgan fingerprint density at radius 2 is 1.31 bits per heavy atom. The van der Waals surface area contributed by atoms with E-state index in [2.05, 4.69) is 137 Å². The van der Waals surface area contributed by atoms with E-state index in [0.717, 1.165) is 12.8 Å². The largest absolute Gasteiger partial charge is 0.540 e. The van der Waals surface area contributed by atoms with E-state index < -0.39 is 8.32 Å². The van der Waals surface area contributed by atoms with Gasteiger partial charge in [0.2, 0.25) is 0 Å². The van der Waals surface area contributed by atoms with E-state index in [-0.39, 0.29) is 10.5 Å². The van der Waals surface area contributed by atoms with E-state index >= 15 is 0 Å². The molecular weight excluding hydrogens is 440 g/mol. The first-order valence-electron chi connectivity index (χ1n) is 12.8. The van der Waals surface area contributed by atoms with Gasteiger partial charge in [-0.3, -0.25) is 0 Å². The SMILES string of the molecule is CC(C)(C)[Si](O/C=C/[C@@]1(C)CCCc2cc3ccccc3cc21)(c1ccccc1)c1ccccc1. The fourth-order valence-electron chi connectivity index (χ4n) is 5.96. The molecule has 4 aromatic carbocycles. The van der Waals surface area contributed by atoms with Crippen LogP contribution in [-0.2, 0) is 16.3 Å². The summed E-state index contributed by atoms with van der Waals surface area (Å²) in [6.07, 6.45) is 7.89. The Morgan fingerprint density at radius 1 is 0.771 bits per heavy atom. The van der Waals surface area contributed by atoms with Crippen LogP contribution < -0.4 is 10.4 Å². The Balaban J connectivity index is 1.58. The lowest BCUT2D eigenvalue weighted by molar-refractivity contribution is 0.422. The van der Waals surface area contributed by atoms with Crippen LogP contribution >= 0.6 is 0 Å². The van der Waals surface area contributed by atoms with Crippen LogP contribution in [0.2, 0.25) is 5.04 Å². The van der Waals surface area contributed by atoms with Gasteiger partial charge in [0.15, 0.2) is 0 Å². The Labute approximate surface area is 211 Å². The van der Waals surface area contributed by atoms with E-state index in [4.69, 9.17) is 4.43 Å². The van der Waals surface area contributed by atoms with Crippen LogP contribution in [0.5, 0.6) is 0 Å². The molecule has 178 valence electrons. The number of fused-ring (bicyclic) bond motifs is 2. The smallest absolute Gasteiger partial charge is 0.319 e. The Morgan fingerprint density at radius 3 is 1.89 bits per heavy atom. The average molecular weight is 477 g/mol. The highest BCUT2D eigenvalue weighted by Crippen LogP contribution is 2.41. The molecule has 0 fully saturated rings. The molecule has 0 bridgehead atoms. The molecule has 0 N–H and O–H groups in total. The van der Waals surface area contributed by atoms with Crippen LogP contribution in [0, 0.1) is 0 Å². The molecule has 0 spiro atoms. The average Bonchev–Trinajstić information content (AvgIpc) is 2.86. The van der Waals surface area contributed by atoms with Gasteiger partial charge in [-0.05, 0) is 62.6 Å². The van der Waals surface area contributed by atoms with Gasteiger partial charge in [-0.1, -0.05) is 125 Å². The minimum absolute atomic E-state index is 0.0387. The molecule has 1 aliphatic carbocycles. The summed E-state index contributed by atoms with van der Waals surface area (Å²) in [5.41, 5.74) is 2.89. The third kappa shape index (κ3) is 4.25. The van der Waals surface area contributed by atoms with Crippen LogP contribution in [0.1, 0.15) is 51.7 Å². The summed E-state index contributed by atoms with van der Waals surface area (Å²) in [6.45, 7) is 9.37. The van der Waals surface area contributed by atoms with Crippen molar-refractivity contribution in [2.75, 3.05) is 0 Å². The van der Waals surface area contributed by atoms with Gasteiger partial charge in [-0.2, -0.15) is 0 Å². The van der Waals surface area contributed by atoms with Crippen molar-refractivity contribution in [1.82, 2.24) is 0 Å². The molecule has 0 aromatic heterocycles. The maximum atomic E-state index is 7.10. The van der Waals surface area contributed by atoms with E-state index in [1.165, 1.54) is 38.7 Å². The highest BCUT2D eigenvalue weighted by atomic mass is 28.4. The zero-order chi connectivity index (χ0) is 24.5. The third-order valence-electron chi connectivity index (χ3n) is 7.83. The Bertz CT molecular complexity index is 1290. The highest BCUT2D eigenvalue weighted by molar-refractivity contribution is 6.99. The lowest BCUT2D eigenvalue weighted by Crippen LogP contribution is -2.65. The molecule has 1 atom stereocenters. The van der Waals surface area contributed by atoms with Crippen LogP contribution in [0.4, 0.5) is 0 Å². The minimum atomic E-state index is -2.59. The van der Waals surface area contributed by atoms with E-state index in [9.17, 15) is 0 Å². The molecule has 1 aliphatic rings. The minimum Gasteiger partial charge on any atom is -0.540 e. The van der Waals surface area contributed by atoms with Crippen molar-refractivity contribution in [1.29, 1.82) is 0 Å². The molecule has 5 rings (SSSR count). The molecule has 0 amide bonds. The van der Waals surface area contributed by atoms with Crippen LogP contribution in [0.25, 0.3) is 10.8 Å². The molecule has 0 saturated heterocycles. The summed E-state index contributed by atoms with van der Waals surface area (Å²) in [7, 11) is -2.59. The monoisotopic (exact) mass is 476 g/mol. The second-order valence-corrected chi connectivity index (χ2v) is 15.5. The fraction of sp³-hybridized carbons (Fsp3) is 0.273. The van der Waals surface area contributed by atoms with Crippen molar-refractivity contribution in [3.63, 3.8) is 0 Å². The van der Waals surface area contributed by atoms with Crippen LogP contribution in [0.15, 0.2) is 109 Å². The summed E-state index contributed by atoms with van der Waals surface area (Å²) < 4.78 is 7.10. The van der Waals surface area contributed by atoms with E-state index in [1.807, 2.05) is 0 Å². The molecule has 4 aromatic rings. The molecular formula is C33H36OSi. The Hall–Kier alpha value is -3.10. The van der Waals surface area contributed by atoms with E-state index in [1.54, 1.807) is 0 Å². The zero-order valence-corrected chi connectivity index (χ0v) is 22.4. The topological polar surface area (TPSA) is 9.23 Å². The standard InChI is InChI=1S/C33H36OSi/c1-32(2,3)35(29-17-7-5-8-18-29,30-19-9-6-10-20-30)34-23-22-33(4)21-13-16-28-24-26-14-11-12-15-27(26)25-31(28)33/h5-12,14-15,17-20,22-25H,13,16,21H2,1-4H3/b23-22+/t33-/m1/s1. The van der Waals surface area contributed by atoms with Gasteiger partial charge in [0.25, 0.3) is 0 Å². The van der Waals surface area contributed by atoms with E-state index in [0.29, 0.717) is 0 Å². The van der Waals surface area contributed by atoms with Crippen molar-refractivity contribution in [3.05, 3.63) is 121 Å². The zero-order valence-electron chi connectivity index (χ0n) is 21.4. The maximum Gasteiger partial charge on any atom is 0.319 e. The van der Waals surface area contributed by atoms with Crippen LogP contribution in [0.3, 0.4) is 0 Å². The lowest BCUT2D eigenvalue weighted by atomic mass is 9.71. The first kappa shape index (κ1) is 23.6. The second kappa shape index (κ2) is 9.16. The first-order chi connectivity index (χ1) is 16.8. The molecule has 2 heteroatoms. The molecule has 0 aliphatic heterocycles. The maximum absolute atomic E-state index is 7.10. The summed E-state index contributed by atoms with van der Waals surface area (Å²) in [5.74, 6) is 0. The van der Waals surface area contributed by atoms with Gasteiger partial charge >= 0.3 is 8.32 Å². The molecule has 0 heterocycles. The molecule has 0 unspecified atom stereocenters. The van der Waals surface area contributed by atoms with Crippen LogP contribution in [-0.4, -0.2) is 8.32 Å². The summed E-state index contributed by atoms with van der Waals surface area (Å²) in [5, 5.41) is 5.23. The number of allylic oxidation sites excluding steroid dienone is 1. The van der Waals surface area contributed by atoms with Gasteiger partial charge in [0.05, 0.1) is 6.26 Å². The number of benzene rings is 4. The molecule has 0 radical (unpaired) electrons. The predicted octanol–water partition coefficient (Wildman–Crippen LogP) is 7.52. The molecule has 35 heavy (non-hydrogen) atoms. The highest BCUT2D eigenvalue weighted by Gasteiger charge is 2.51. The van der Waals surface area contributed by atoms with Crippen molar-refractivity contribution >= 4 is 29.5 Å². The first-order valence-corrected chi connectivity index (χ1v) is 14.7. The normalized spacial score (nSPS) is 18.5. The van der Waals surface area contributed by atoms with Crippen molar-refractivity contribution in [2.45, 2.75) is 57.4 Å². The predicted molar refractivity (Wildman–Crippen MR) is 152 cm³/mol. The number of hydrogen-bond donors (Lipinski definition) is 0. The number of rotatable bonds is 5. The van der Waals surface area contributed by atoms with Crippen molar-refractivity contribution < 1.29 is 4.43 Å². The van der Waals surface area contributed by atoms with Crippen molar-refractivity contribution in [3.8, 4) is 0 Å². The lowest BCUT2D eigenvalue weighted by Gasteiger charge is -2.42. The van der Waals surface area contributed by atoms with Gasteiger partial charge in [0, 0.05) is 5.41 Å². The van der Waals surface area contributed by atoms with Gasteiger partial charge in [-0.15, -0.1) is 0 Å². The van der Waals surface area contributed by atoms with Gasteiger partial charge in [-0.25, -0.2) is 0 Å². The molecule has 0 saturated carbocycles. The summed E-state index contributed by atoms with van der Waals surface area (Å²) in [6, 6.07) is 35.3. The van der Waals surface area contributed by atoms with Gasteiger partial charge < -0.3 is 4.43 Å². The molecule has 1 nitrogen and oxygen atoms in total. The summed E-state index contributed by atoms with van der Waals surface area (Å²) in [4.78, 5) is 0. The Kier molecular flexibility index (Phi) is 6.19. The third-order valence-corrected chi connectivity index (χ3v) is 12.7. The van der Waals surface area contributed by atoms with Gasteiger partial charge in [0.1, 0.15) is 0 Å². The fourth-order valence-corrected chi connectivity index (χ4v) is 10.2.